The van der Waals surface area contributed by atoms with Crippen molar-refractivity contribution >= 4 is 27.6 Å². The van der Waals surface area contributed by atoms with E-state index in [4.69, 9.17) is 4.98 Å². The third-order valence-corrected chi connectivity index (χ3v) is 7.88. The molecule has 1 aliphatic heterocycles. The number of benzene rings is 2. The molecule has 0 N–H and O–H groups in total. The van der Waals surface area contributed by atoms with Gasteiger partial charge in [0.1, 0.15) is 5.54 Å². The highest BCUT2D eigenvalue weighted by Crippen LogP contribution is 2.50. The van der Waals surface area contributed by atoms with Gasteiger partial charge >= 0.3 is 0 Å². The van der Waals surface area contributed by atoms with E-state index in [0.29, 0.717) is 0 Å². The van der Waals surface area contributed by atoms with Crippen LogP contribution in [0.1, 0.15) is 79.1 Å². The Hall–Kier alpha value is -2.42. The van der Waals surface area contributed by atoms with E-state index in [-0.39, 0.29) is 16.4 Å². The molecular formula is C27H34N3+. The summed E-state index contributed by atoms with van der Waals surface area (Å²) in [5.41, 5.74) is 6.46. The summed E-state index contributed by atoms with van der Waals surface area (Å²) < 4.78 is 5.13. The van der Waals surface area contributed by atoms with Crippen molar-refractivity contribution in [3.63, 3.8) is 0 Å². The molecule has 0 fully saturated rings. The van der Waals surface area contributed by atoms with Gasteiger partial charge < -0.3 is 0 Å². The van der Waals surface area contributed by atoms with Crippen LogP contribution in [0.3, 0.4) is 0 Å². The van der Waals surface area contributed by atoms with Gasteiger partial charge in [0.25, 0.3) is 5.65 Å². The van der Waals surface area contributed by atoms with Crippen LogP contribution >= 0.6 is 0 Å². The zero-order valence-electron chi connectivity index (χ0n) is 19.5. The fraction of sp³-hybridized carbons (Fsp3) is 0.481. The maximum atomic E-state index is 5.28. The van der Waals surface area contributed by atoms with E-state index in [1.807, 2.05) is 0 Å². The van der Waals surface area contributed by atoms with E-state index >= 15 is 0 Å². The minimum Gasteiger partial charge on any atom is -0.216 e. The average molecular weight is 401 g/mol. The minimum atomic E-state index is -0.0589. The van der Waals surface area contributed by atoms with Crippen molar-refractivity contribution in [3.05, 3.63) is 53.9 Å². The lowest BCUT2D eigenvalue weighted by molar-refractivity contribution is -0.729. The third-order valence-electron chi connectivity index (χ3n) is 7.88. The molecule has 4 aromatic rings. The molecule has 2 aromatic carbocycles. The molecule has 2 unspecified atom stereocenters. The van der Waals surface area contributed by atoms with Crippen molar-refractivity contribution in [1.29, 1.82) is 0 Å². The number of hydrogen-bond acceptors (Lipinski definition) is 1. The second-order valence-corrected chi connectivity index (χ2v) is 10.6. The molecule has 3 heterocycles. The Morgan fingerprint density at radius 1 is 1.00 bits per heavy atom. The molecule has 30 heavy (non-hydrogen) atoms. The fourth-order valence-corrected chi connectivity index (χ4v) is 6.09. The van der Waals surface area contributed by atoms with Crippen LogP contribution in [0.25, 0.3) is 27.6 Å². The molecule has 156 valence electrons. The van der Waals surface area contributed by atoms with Gasteiger partial charge in [0.05, 0.1) is 10.9 Å². The van der Waals surface area contributed by atoms with E-state index in [0.717, 1.165) is 24.2 Å². The summed E-state index contributed by atoms with van der Waals surface area (Å²) >= 11 is 0. The zero-order valence-corrected chi connectivity index (χ0v) is 19.5. The quantitative estimate of drug-likeness (QED) is 0.363. The summed E-state index contributed by atoms with van der Waals surface area (Å²) in [6, 6.07) is 15.7. The number of hydrogen-bond donors (Lipinski definition) is 0. The molecule has 0 saturated carbocycles. The van der Waals surface area contributed by atoms with Crippen LogP contribution in [-0.4, -0.2) is 9.38 Å². The molecule has 0 aliphatic carbocycles. The highest BCUT2D eigenvalue weighted by molar-refractivity contribution is 5.97. The summed E-state index contributed by atoms with van der Waals surface area (Å²) in [7, 11) is 0. The Bertz CT molecular complexity index is 1310. The molecule has 0 bridgehead atoms. The summed E-state index contributed by atoms with van der Waals surface area (Å²) in [4.78, 5) is 5.28. The topological polar surface area (TPSA) is 21.2 Å². The number of imidazole rings is 1. The first kappa shape index (κ1) is 19.5. The SMILES string of the molecule is CCCC1(C)c2cccc3nc(C(C)(C)C)n4c5ccccc5[n+](c4c23)C1(C)CC. The second kappa shape index (κ2) is 6.06. The molecule has 0 radical (unpaired) electrons. The lowest BCUT2D eigenvalue weighted by Gasteiger charge is -2.47. The van der Waals surface area contributed by atoms with Crippen LogP contribution in [-0.2, 0) is 16.4 Å². The Kier molecular flexibility index (Phi) is 3.95. The lowest BCUT2D eigenvalue weighted by atomic mass is 9.61. The number of para-hydroxylation sites is 2. The first-order chi connectivity index (χ1) is 14.2. The number of rotatable bonds is 3. The van der Waals surface area contributed by atoms with Crippen LogP contribution in [0.15, 0.2) is 42.5 Å². The van der Waals surface area contributed by atoms with Crippen LogP contribution in [0.4, 0.5) is 0 Å². The zero-order chi connectivity index (χ0) is 21.5. The molecule has 3 nitrogen and oxygen atoms in total. The van der Waals surface area contributed by atoms with Crippen LogP contribution in [0.2, 0.25) is 0 Å². The van der Waals surface area contributed by atoms with Crippen molar-refractivity contribution in [2.45, 2.75) is 84.1 Å². The van der Waals surface area contributed by atoms with Crippen molar-refractivity contribution < 1.29 is 4.57 Å². The summed E-state index contributed by atoms with van der Waals surface area (Å²) in [5, 5.41) is 1.34. The van der Waals surface area contributed by atoms with Crippen molar-refractivity contribution in [1.82, 2.24) is 9.38 Å². The Balaban J connectivity index is 2.16. The lowest BCUT2D eigenvalue weighted by Crippen LogP contribution is -2.66. The number of fused-ring (bicyclic) bond motifs is 3. The van der Waals surface area contributed by atoms with Gasteiger partial charge in [0.15, 0.2) is 11.0 Å². The normalized spacial score (nSPS) is 23.8. The van der Waals surface area contributed by atoms with Gasteiger partial charge in [-0.25, -0.2) is 9.55 Å². The predicted octanol–water partition coefficient (Wildman–Crippen LogP) is 6.42. The highest BCUT2D eigenvalue weighted by Gasteiger charge is 2.55. The molecule has 3 heteroatoms. The van der Waals surface area contributed by atoms with Gasteiger partial charge in [-0.3, -0.25) is 0 Å². The molecule has 0 amide bonds. The molecule has 0 spiro atoms. The van der Waals surface area contributed by atoms with Crippen molar-refractivity contribution in [2.75, 3.05) is 0 Å². The predicted molar refractivity (Wildman–Crippen MR) is 125 cm³/mol. The van der Waals surface area contributed by atoms with Gasteiger partial charge in [-0.2, -0.15) is 4.40 Å². The van der Waals surface area contributed by atoms with E-state index < -0.39 is 0 Å². The fourth-order valence-electron chi connectivity index (χ4n) is 6.09. The Labute approximate surface area is 179 Å². The third kappa shape index (κ3) is 2.16. The Morgan fingerprint density at radius 2 is 1.73 bits per heavy atom. The van der Waals surface area contributed by atoms with Crippen LogP contribution in [0, 0.1) is 0 Å². The van der Waals surface area contributed by atoms with Crippen LogP contribution < -0.4 is 4.57 Å². The maximum Gasteiger partial charge on any atom is 0.299 e. The van der Waals surface area contributed by atoms with E-state index in [9.17, 15) is 0 Å². The standard InChI is InChI=1S/C27H34N3/c1-8-17-26(6)18-13-12-14-19-22(18)23-29(24(28-19)25(3,4)5)20-15-10-11-16-21(20)30(23)27(26,7)9-2/h10-16H,8-9,17H2,1-7H3/q+1. The molecular weight excluding hydrogens is 366 g/mol. The Morgan fingerprint density at radius 3 is 2.40 bits per heavy atom. The smallest absolute Gasteiger partial charge is 0.216 e. The number of nitrogens with zero attached hydrogens (tertiary/aromatic N) is 3. The average Bonchev–Trinajstić information content (AvgIpc) is 3.06. The van der Waals surface area contributed by atoms with Crippen LogP contribution in [0.5, 0.6) is 0 Å². The molecule has 2 atom stereocenters. The summed E-state index contributed by atoms with van der Waals surface area (Å²) in [6.07, 6.45) is 3.41. The summed E-state index contributed by atoms with van der Waals surface area (Å²) in [6.45, 7) is 16.5. The summed E-state index contributed by atoms with van der Waals surface area (Å²) in [5.74, 6) is 1.13. The van der Waals surface area contributed by atoms with Gasteiger partial charge in [0, 0.05) is 10.8 Å². The van der Waals surface area contributed by atoms with E-state index in [1.54, 1.807) is 0 Å². The van der Waals surface area contributed by atoms with Gasteiger partial charge in [-0.1, -0.05) is 72.2 Å². The monoisotopic (exact) mass is 400 g/mol. The number of aromatic nitrogens is 3. The van der Waals surface area contributed by atoms with Gasteiger partial charge in [0.2, 0.25) is 5.82 Å². The molecule has 0 saturated heterocycles. The molecule has 1 aliphatic rings. The van der Waals surface area contributed by atoms with E-state index in [1.165, 1.54) is 34.1 Å². The van der Waals surface area contributed by atoms with Gasteiger partial charge in [-0.05, 0) is 43.5 Å². The molecule has 5 rings (SSSR count). The first-order valence-corrected chi connectivity index (χ1v) is 11.5. The van der Waals surface area contributed by atoms with E-state index in [2.05, 4.69) is 99.9 Å². The highest BCUT2D eigenvalue weighted by atomic mass is 15.2. The van der Waals surface area contributed by atoms with Crippen molar-refractivity contribution in [3.8, 4) is 0 Å². The van der Waals surface area contributed by atoms with Gasteiger partial charge in [-0.15, -0.1) is 0 Å². The largest absolute Gasteiger partial charge is 0.299 e. The maximum absolute atomic E-state index is 5.28. The second-order valence-electron chi connectivity index (χ2n) is 10.6. The van der Waals surface area contributed by atoms with Crippen molar-refractivity contribution in [2.24, 2.45) is 0 Å². The minimum absolute atomic E-state index is 0.0187. The molecule has 2 aromatic heterocycles. The first-order valence-electron chi connectivity index (χ1n) is 11.5.